The van der Waals surface area contributed by atoms with Crippen LogP contribution in [-0.2, 0) is 6.61 Å². The first-order valence-electron chi connectivity index (χ1n) is 5.44. The molecule has 1 fully saturated rings. The van der Waals surface area contributed by atoms with Crippen molar-refractivity contribution < 1.29 is 9.84 Å². The van der Waals surface area contributed by atoms with Crippen molar-refractivity contribution in [3.8, 4) is 5.75 Å². The molecule has 1 saturated heterocycles. The van der Waals surface area contributed by atoms with Gasteiger partial charge in [0.25, 0.3) is 0 Å². The van der Waals surface area contributed by atoms with Crippen LogP contribution in [0.1, 0.15) is 5.56 Å². The second-order valence-electron chi connectivity index (χ2n) is 3.76. The van der Waals surface area contributed by atoms with Gasteiger partial charge >= 0.3 is 0 Å². The Bertz CT molecular complexity index is 351. The lowest BCUT2D eigenvalue weighted by atomic mass is 10.2. The molecule has 0 atom stereocenters. The van der Waals surface area contributed by atoms with Gasteiger partial charge in [0.15, 0.2) is 11.6 Å². The lowest BCUT2D eigenvalue weighted by molar-refractivity contribution is 0.280. The molecule has 0 bridgehead atoms. The maximum Gasteiger partial charge on any atom is 0.171 e. The Hall–Kier alpha value is -1.33. The van der Waals surface area contributed by atoms with Crippen LogP contribution in [0.4, 0.5) is 5.82 Å². The van der Waals surface area contributed by atoms with Gasteiger partial charge in [0, 0.05) is 32.4 Å². The third kappa shape index (κ3) is 2.25. The lowest BCUT2D eigenvalue weighted by Gasteiger charge is -2.29. The van der Waals surface area contributed by atoms with Gasteiger partial charge in [-0.15, -0.1) is 0 Å². The number of ether oxygens (including phenoxy) is 1. The summed E-state index contributed by atoms with van der Waals surface area (Å²) in [7, 11) is 1.63. The Labute approximate surface area is 95.1 Å². The SMILES string of the molecule is COc1cc(CO)cnc1N1CCNCC1. The Kier molecular flexibility index (Phi) is 3.58. The molecule has 0 aliphatic carbocycles. The summed E-state index contributed by atoms with van der Waals surface area (Å²) >= 11 is 0. The lowest BCUT2D eigenvalue weighted by Crippen LogP contribution is -2.44. The molecule has 88 valence electrons. The zero-order valence-electron chi connectivity index (χ0n) is 9.44. The second kappa shape index (κ2) is 5.14. The maximum absolute atomic E-state index is 9.04. The van der Waals surface area contributed by atoms with E-state index in [0.717, 1.165) is 43.3 Å². The van der Waals surface area contributed by atoms with E-state index in [2.05, 4.69) is 15.2 Å². The number of hydrogen-bond acceptors (Lipinski definition) is 5. The summed E-state index contributed by atoms with van der Waals surface area (Å²) in [6.07, 6.45) is 1.69. The molecule has 16 heavy (non-hydrogen) atoms. The van der Waals surface area contributed by atoms with Gasteiger partial charge in [-0.2, -0.15) is 0 Å². The van der Waals surface area contributed by atoms with Crippen LogP contribution in [-0.4, -0.2) is 43.4 Å². The van der Waals surface area contributed by atoms with E-state index in [1.54, 1.807) is 13.3 Å². The van der Waals surface area contributed by atoms with E-state index < -0.39 is 0 Å². The molecule has 1 aliphatic heterocycles. The van der Waals surface area contributed by atoms with E-state index in [1.807, 2.05) is 6.07 Å². The number of hydrogen-bond donors (Lipinski definition) is 2. The maximum atomic E-state index is 9.04. The predicted octanol–water partition coefficient (Wildman–Crippen LogP) is -0.00790. The zero-order chi connectivity index (χ0) is 11.4. The molecule has 0 spiro atoms. The topological polar surface area (TPSA) is 57.6 Å². The van der Waals surface area contributed by atoms with E-state index in [1.165, 1.54) is 0 Å². The quantitative estimate of drug-likeness (QED) is 0.755. The number of pyridine rings is 1. The highest BCUT2D eigenvalue weighted by Crippen LogP contribution is 2.26. The Morgan fingerprint density at radius 2 is 2.25 bits per heavy atom. The predicted molar refractivity (Wildman–Crippen MR) is 61.8 cm³/mol. The fourth-order valence-corrected chi connectivity index (χ4v) is 1.83. The molecule has 1 aliphatic rings. The summed E-state index contributed by atoms with van der Waals surface area (Å²) in [6.45, 7) is 3.79. The minimum atomic E-state index is -0.00873. The molecule has 0 aromatic carbocycles. The van der Waals surface area contributed by atoms with Crippen LogP contribution < -0.4 is 15.0 Å². The summed E-state index contributed by atoms with van der Waals surface area (Å²) < 4.78 is 5.31. The largest absolute Gasteiger partial charge is 0.493 e. The first-order valence-corrected chi connectivity index (χ1v) is 5.44. The molecular weight excluding hydrogens is 206 g/mol. The summed E-state index contributed by atoms with van der Waals surface area (Å²) in [4.78, 5) is 6.55. The molecule has 1 aromatic heterocycles. The number of piperazine rings is 1. The number of nitrogens with one attached hydrogen (secondary N) is 1. The third-order valence-electron chi connectivity index (χ3n) is 2.71. The number of rotatable bonds is 3. The molecule has 1 aromatic rings. The van der Waals surface area contributed by atoms with Crippen LogP contribution in [0.15, 0.2) is 12.3 Å². The molecular formula is C11H17N3O2. The van der Waals surface area contributed by atoms with Crippen molar-refractivity contribution in [2.24, 2.45) is 0 Å². The number of anilines is 1. The van der Waals surface area contributed by atoms with Crippen molar-refractivity contribution >= 4 is 5.82 Å². The van der Waals surface area contributed by atoms with E-state index >= 15 is 0 Å². The average molecular weight is 223 g/mol. The number of aliphatic hydroxyl groups is 1. The molecule has 0 unspecified atom stereocenters. The van der Waals surface area contributed by atoms with Crippen LogP contribution in [0.5, 0.6) is 5.75 Å². The zero-order valence-corrected chi connectivity index (χ0v) is 9.44. The van der Waals surface area contributed by atoms with Crippen LogP contribution in [0.3, 0.4) is 0 Å². The van der Waals surface area contributed by atoms with Gasteiger partial charge in [-0.05, 0) is 11.6 Å². The molecule has 2 N–H and O–H groups in total. The van der Waals surface area contributed by atoms with Gasteiger partial charge in [0.1, 0.15) is 0 Å². The minimum absolute atomic E-state index is 0.00873. The van der Waals surface area contributed by atoms with Crippen molar-refractivity contribution in [1.82, 2.24) is 10.3 Å². The highest BCUT2D eigenvalue weighted by molar-refractivity contribution is 5.53. The first-order chi connectivity index (χ1) is 7.85. The van der Waals surface area contributed by atoms with Crippen LogP contribution in [0, 0.1) is 0 Å². The fourth-order valence-electron chi connectivity index (χ4n) is 1.83. The number of methoxy groups -OCH3 is 1. The van der Waals surface area contributed by atoms with Gasteiger partial charge in [-0.3, -0.25) is 0 Å². The molecule has 0 radical (unpaired) electrons. The first kappa shape index (κ1) is 11.2. The van der Waals surface area contributed by atoms with Crippen molar-refractivity contribution in [1.29, 1.82) is 0 Å². The van der Waals surface area contributed by atoms with Crippen LogP contribution >= 0.6 is 0 Å². The van der Waals surface area contributed by atoms with Crippen molar-refractivity contribution in [2.45, 2.75) is 6.61 Å². The summed E-state index contributed by atoms with van der Waals surface area (Å²) in [5.41, 5.74) is 0.774. The number of aromatic nitrogens is 1. The molecule has 5 heteroatoms. The normalized spacial score (nSPS) is 16.2. The molecule has 5 nitrogen and oxygen atoms in total. The monoisotopic (exact) mass is 223 g/mol. The fraction of sp³-hybridized carbons (Fsp3) is 0.545. The molecule has 0 saturated carbocycles. The molecule has 0 amide bonds. The van der Waals surface area contributed by atoms with Gasteiger partial charge in [0.2, 0.25) is 0 Å². The number of nitrogens with zero attached hydrogens (tertiary/aromatic N) is 2. The van der Waals surface area contributed by atoms with Gasteiger partial charge < -0.3 is 20.1 Å². The molecule has 2 heterocycles. The smallest absolute Gasteiger partial charge is 0.171 e. The van der Waals surface area contributed by atoms with E-state index in [4.69, 9.17) is 9.84 Å². The van der Waals surface area contributed by atoms with Gasteiger partial charge in [-0.1, -0.05) is 0 Å². The van der Waals surface area contributed by atoms with E-state index in [-0.39, 0.29) is 6.61 Å². The van der Waals surface area contributed by atoms with Crippen molar-refractivity contribution in [2.75, 3.05) is 38.2 Å². The highest BCUT2D eigenvalue weighted by atomic mass is 16.5. The van der Waals surface area contributed by atoms with Gasteiger partial charge in [-0.25, -0.2) is 4.98 Å². The standard InChI is InChI=1S/C11H17N3O2/c1-16-10-6-9(8-15)7-13-11(10)14-4-2-12-3-5-14/h6-7,12,15H,2-5,8H2,1H3. The average Bonchev–Trinajstić information content (AvgIpc) is 2.39. The van der Waals surface area contributed by atoms with Crippen LogP contribution in [0.2, 0.25) is 0 Å². The highest BCUT2D eigenvalue weighted by Gasteiger charge is 2.16. The van der Waals surface area contributed by atoms with Crippen molar-refractivity contribution in [3.05, 3.63) is 17.8 Å². The number of aliphatic hydroxyl groups excluding tert-OH is 1. The minimum Gasteiger partial charge on any atom is -0.493 e. The van der Waals surface area contributed by atoms with Gasteiger partial charge in [0.05, 0.1) is 13.7 Å². The Morgan fingerprint density at radius 1 is 1.50 bits per heavy atom. The summed E-state index contributed by atoms with van der Waals surface area (Å²) in [6, 6.07) is 1.84. The summed E-state index contributed by atoms with van der Waals surface area (Å²) in [5, 5.41) is 12.3. The van der Waals surface area contributed by atoms with E-state index in [9.17, 15) is 0 Å². The third-order valence-corrected chi connectivity index (χ3v) is 2.71. The second-order valence-corrected chi connectivity index (χ2v) is 3.76. The van der Waals surface area contributed by atoms with Crippen LogP contribution in [0.25, 0.3) is 0 Å². The van der Waals surface area contributed by atoms with Crippen molar-refractivity contribution in [3.63, 3.8) is 0 Å². The Balaban J connectivity index is 2.24. The Morgan fingerprint density at radius 3 is 2.88 bits per heavy atom. The summed E-state index contributed by atoms with van der Waals surface area (Å²) in [5.74, 6) is 1.59. The molecule has 2 rings (SSSR count). The van der Waals surface area contributed by atoms with E-state index in [0.29, 0.717) is 0 Å².